The molecule has 2 nitrogen and oxygen atoms in total. The first-order chi connectivity index (χ1) is 5.72. The van der Waals surface area contributed by atoms with Gasteiger partial charge in [0.1, 0.15) is 0 Å². The Morgan fingerprint density at radius 3 is 2.50 bits per heavy atom. The summed E-state index contributed by atoms with van der Waals surface area (Å²) in [5, 5.41) is 0. The van der Waals surface area contributed by atoms with Crippen molar-refractivity contribution >= 4 is 6.47 Å². The second-order valence-electron chi connectivity index (χ2n) is 3.44. The van der Waals surface area contributed by atoms with Crippen LogP contribution in [0.5, 0.6) is 0 Å². The van der Waals surface area contributed by atoms with E-state index >= 15 is 0 Å². The molecule has 0 aliphatic rings. The van der Waals surface area contributed by atoms with Crippen molar-refractivity contribution in [3.05, 3.63) is 0 Å². The van der Waals surface area contributed by atoms with Crippen LogP contribution in [0.25, 0.3) is 0 Å². The van der Waals surface area contributed by atoms with Gasteiger partial charge in [-0.25, -0.2) is 4.79 Å². The lowest BCUT2D eigenvalue weighted by molar-refractivity contribution is 0.249. The number of rotatable bonds is 7. The Bertz CT molecular complexity index is 112. The van der Waals surface area contributed by atoms with Crippen molar-refractivity contribution in [1.29, 1.82) is 0 Å². The van der Waals surface area contributed by atoms with Gasteiger partial charge < -0.3 is 4.74 Å². The molecule has 12 heavy (non-hydrogen) atoms. The van der Waals surface area contributed by atoms with Gasteiger partial charge in [0.25, 0.3) is 0 Å². The second kappa shape index (κ2) is 7.14. The van der Waals surface area contributed by atoms with E-state index in [1.165, 1.54) is 12.9 Å². The predicted molar refractivity (Wildman–Crippen MR) is 49.5 cm³/mol. The zero-order chi connectivity index (χ0) is 9.40. The van der Waals surface area contributed by atoms with Gasteiger partial charge in [0.2, 0.25) is 0 Å². The highest BCUT2D eigenvalue weighted by Crippen LogP contribution is 2.19. The van der Waals surface area contributed by atoms with Crippen molar-refractivity contribution in [2.45, 2.75) is 40.0 Å². The van der Waals surface area contributed by atoms with Crippen molar-refractivity contribution in [2.24, 2.45) is 11.8 Å². The minimum absolute atomic E-state index is 0.518. The molecule has 0 amide bonds. The van der Waals surface area contributed by atoms with E-state index < -0.39 is 0 Å². The Morgan fingerprint density at radius 1 is 1.33 bits per heavy atom. The molecule has 0 N–H and O–H groups in total. The van der Waals surface area contributed by atoms with Crippen LogP contribution in [0.4, 0.5) is 0 Å². The Balaban J connectivity index is 3.30. The fraction of sp³-hybridized carbons (Fsp3) is 0.900. The van der Waals surface area contributed by atoms with E-state index in [2.05, 4.69) is 25.5 Å². The van der Waals surface area contributed by atoms with E-state index in [-0.39, 0.29) is 0 Å². The number of hydrogen-bond donors (Lipinski definition) is 0. The second-order valence-corrected chi connectivity index (χ2v) is 3.44. The van der Waals surface area contributed by atoms with Crippen LogP contribution >= 0.6 is 0 Å². The molecule has 0 saturated heterocycles. The molecule has 0 aromatic carbocycles. The van der Waals surface area contributed by atoms with Crippen LogP contribution in [0, 0.1) is 11.8 Å². The first kappa shape index (κ1) is 11.5. The van der Waals surface area contributed by atoms with E-state index in [0.29, 0.717) is 6.61 Å². The minimum atomic E-state index is 0.518. The number of carbonyl (C=O) groups excluding carboxylic acids is 1. The monoisotopic (exact) mass is 171 g/mol. The summed E-state index contributed by atoms with van der Waals surface area (Å²) in [6.45, 7) is 8.67. The van der Waals surface area contributed by atoms with Gasteiger partial charge in [-0.2, -0.15) is 0 Å². The zero-order valence-electron chi connectivity index (χ0n) is 8.30. The van der Waals surface area contributed by atoms with Crippen molar-refractivity contribution in [3.8, 4) is 0 Å². The summed E-state index contributed by atoms with van der Waals surface area (Å²) < 4.78 is 4.49. The van der Waals surface area contributed by atoms with Gasteiger partial charge in [-0.15, -0.1) is 0 Å². The average molecular weight is 171 g/mol. The molecule has 0 aromatic rings. The molecule has 2 atom stereocenters. The molecule has 0 spiro atoms. The number of ether oxygens (including phenoxy) is 1. The van der Waals surface area contributed by atoms with Gasteiger partial charge in [-0.05, 0) is 24.7 Å². The Labute approximate surface area is 75.3 Å². The Hall–Kier alpha value is -0.530. The molecule has 2 heteroatoms. The van der Waals surface area contributed by atoms with Crippen LogP contribution < -0.4 is 0 Å². The third kappa shape index (κ3) is 5.16. The SMILES string of the molecule is CCC(C)C(C)CCCO[C]=O. The maximum absolute atomic E-state index is 9.69. The summed E-state index contributed by atoms with van der Waals surface area (Å²) in [5.41, 5.74) is 0. The molecule has 1 radical (unpaired) electrons. The fourth-order valence-corrected chi connectivity index (χ4v) is 1.21. The summed E-state index contributed by atoms with van der Waals surface area (Å²) in [4.78, 5) is 9.69. The lowest BCUT2D eigenvalue weighted by Gasteiger charge is -2.17. The first-order valence-corrected chi connectivity index (χ1v) is 4.71. The summed E-state index contributed by atoms with van der Waals surface area (Å²) >= 11 is 0. The van der Waals surface area contributed by atoms with Gasteiger partial charge in [0, 0.05) is 0 Å². The van der Waals surface area contributed by atoms with Gasteiger partial charge in [-0.1, -0.05) is 27.2 Å². The molecule has 0 rings (SSSR count). The van der Waals surface area contributed by atoms with E-state index in [0.717, 1.165) is 24.7 Å². The fourth-order valence-electron chi connectivity index (χ4n) is 1.21. The largest absolute Gasteiger partial charge is 0.457 e. The van der Waals surface area contributed by atoms with E-state index in [9.17, 15) is 4.79 Å². The lowest BCUT2D eigenvalue weighted by atomic mass is 9.90. The average Bonchev–Trinajstić information content (AvgIpc) is 2.10. The minimum Gasteiger partial charge on any atom is -0.457 e. The molecular weight excluding hydrogens is 152 g/mol. The molecule has 0 saturated carbocycles. The van der Waals surface area contributed by atoms with Crippen LogP contribution in [0.3, 0.4) is 0 Å². The third-order valence-corrected chi connectivity index (χ3v) is 2.58. The van der Waals surface area contributed by atoms with Crippen LogP contribution in [0.2, 0.25) is 0 Å². The molecule has 0 aliphatic heterocycles. The predicted octanol–water partition coefficient (Wildman–Crippen LogP) is 2.53. The molecule has 0 fully saturated rings. The third-order valence-electron chi connectivity index (χ3n) is 2.58. The molecule has 0 aliphatic carbocycles. The van der Waals surface area contributed by atoms with Crippen LogP contribution in [0.15, 0.2) is 0 Å². The van der Waals surface area contributed by atoms with Crippen LogP contribution in [-0.2, 0) is 9.53 Å². The van der Waals surface area contributed by atoms with Gasteiger partial charge in [-0.3, -0.25) is 0 Å². The van der Waals surface area contributed by atoms with Crippen molar-refractivity contribution in [1.82, 2.24) is 0 Å². The maximum Gasteiger partial charge on any atom is 0.417 e. The maximum atomic E-state index is 9.69. The van der Waals surface area contributed by atoms with E-state index in [1.54, 1.807) is 0 Å². The van der Waals surface area contributed by atoms with E-state index in [4.69, 9.17) is 0 Å². The molecule has 0 heterocycles. The number of hydrogen-bond acceptors (Lipinski definition) is 2. The smallest absolute Gasteiger partial charge is 0.417 e. The summed E-state index contributed by atoms with van der Waals surface area (Å²) in [5.74, 6) is 1.50. The van der Waals surface area contributed by atoms with Crippen molar-refractivity contribution in [3.63, 3.8) is 0 Å². The van der Waals surface area contributed by atoms with Gasteiger partial charge in [0.05, 0.1) is 6.61 Å². The molecule has 2 unspecified atom stereocenters. The Kier molecular flexibility index (Phi) is 6.82. The van der Waals surface area contributed by atoms with Gasteiger partial charge in [0.15, 0.2) is 0 Å². The molecule has 0 aromatic heterocycles. The van der Waals surface area contributed by atoms with Crippen molar-refractivity contribution < 1.29 is 9.53 Å². The summed E-state index contributed by atoms with van der Waals surface area (Å²) in [7, 11) is 0. The Morgan fingerprint density at radius 2 is 2.00 bits per heavy atom. The highest BCUT2D eigenvalue weighted by Gasteiger charge is 2.09. The standard InChI is InChI=1S/C10H19O2/c1-4-9(2)10(3)6-5-7-12-8-11/h9-10H,4-7H2,1-3H3. The summed E-state index contributed by atoms with van der Waals surface area (Å²) in [6, 6.07) is 0. The zero-order valence-corrected chi connectivity index (χ0v) is 8.30. The first-order valence-electron chi connectivity index (χ1n) is 4.71. The van der Waals surface area contributed by atoms with Crippen molar-refractivity contribution in [2.75, 3.05) is 6.61 Å². The highest BCUT2D eigenvalue weighted by atomic mass is 16.5. The highest BCUT2D eigenvalue weighted by molar-refractivity contribution is 5.37. The van der Waals surface area contributed by atoms with E-state index in [1.807, 2.05) is 0 Å². The van der Waals surface area contributed by atoms with Crippen LogP contribution in [0.1, 0.15) is 40.0 Å². The topological polar surface area (TPSA) is 26.3 Å². The molecular formula is C10H19O2. The summed E-state index contributed by atoms with van der Waals surface area (Å²) in [6.07, 6.45) is 3.32. The molecule has 0 bridgehead atoms. The normalized spacial score (nSPS) is 15.2. The lowest BCUT2D eigenvalue weighted by Crippen LogP contribution is -2.07. The van der Waals surface area contributed by atoms with Gasteiger partial charge >= 0.3 is 6.47 Å². The quantitative estimate of drug-likeness (QED) is 0.550. The molecule has 71 valence electrons. The van der Waals surface area contributed by atoms with Crippen LogP contribution in [-0.4, -0.2) is 13.1 Å².